The summed E-state index contributed by atoms with van der Waals surface area (Å²) in [6.45, 7) is 1.38. The molecule has 2 amide bonds. The molecule has 0 radical (unpaired) electrons. The number of aryl methyl sites for hydroxylation is 1. The van der Waals surface area contributed by atoms with Crippen LogP contribution in [0, 0.1) is 5.92 Å². The van der Waals surface area contributed by atoms with E-state index in [1.165, 1.54) is 4.90 Å². The van der Waals surface area contributed by atoms with Crippen LogP contribution in [0.15, 0.2) is 36.7 Å². The van der Waals surface area contributed by atoms with Gasteiger partial charge in [-0.15, -0.1) is 12.4 Å². The fourth-order valence-corrected chi connectivity index (χ4v) is 3.08. The number of aromatic nitrogens is 2. The lowest BCUT2D eigenvalue weighted by Crippen LogP contribution is -2.28. The van der Waals surface area contributed by atoms with E-state index >= 15 is 0 Å². The summed E-state index contributed by atoms with van der Waals surface area (Å²) < 4.78 is 7.20. The number of carbonyl (C=O) groups excluding carboxylic acids is 2. The lowest BCUT2D eigenvalue weighted by atomic mass is 9.90. The number of amides is 2. The molecular formula is C19H26ClN5O3. The number of nitrogens with zero attached hydrogens (tertiary/aromatic N) is 3. The molecule has 0 saturated carbocycles. The lowest BCUT2D eigenvalue weighted by molar-refractivity contribution is -0.130. The topological polar surface area (TPSA) is 88.5 Å². The molecule has 1 aromatic carbocycles. The molecule has 1 fully saturated rings. The molecular weight excluding hydrogens is 382 g/mol. The molecule has 2 heterocycles. The van der Waals surface area contributed by atoms with Gasteiger partial charge in [-0.3, -0.25) is 14.3 Å². The molecule has 2 aromatic rings. The van der Waals surface area contributed by atoms with Crippen LogP contribution in [0.1, 0.15) is 11.5 Å². The van der Waals surface area contributed by atoms with E-state index in [0.29, 0.717) is 18.0 Å². The van der Waals surface area contributed by atoms with Crippen LogP contribution in [0.3, 0.4) is 0 Å². The number of anilines is 1. The summed E-state index contributed by atoms with van der Waals surface area (Å²) >= 11 is 0. The summed E-state index contributed by atoms with van der Waals surface area (Å²) in [6.07, 6.45) is 3.78. The number of likely N-dealkylation sites (N-methyl/N-ethyl adjacent to an activating group) is 1. The maximum absolute atomic E-state index is 12.7. The monoisotopic (exact) mass is 407 g/mol. The van der Waals surface area contributed by atoms with Gasteiger partial charge in [0.25, 0.3) is 5.91 Å². The van der Waals surface area contributed by atoms with E-state index in [1.54, 1.807) is 43.0 Å². The van der Waals surface area contributed by atoms with E-state index in [-0.39, 0.29) is 42.7 Å². The summed E-state index contributed by atoms with van der Waals surface area (Å²) in [7, 11) is 5.23. The minimum atomic E-state index is -0.150. The molecule has 2 atom stereocenters. The van der Waals surface area contributed by atoms with Gasteiger partial charge in [0.2, 0.25) is 5.91 Å². The van der Waals surface area contributed by atoms with Gasteiger partial charge in [-0.05, 0) is 29.8 Å². The molecule has 1 aliphatic rings. The van der Waals surface area contributed by atoms with Crippen LogP contribution in [0.4, 0.5) is 5.69 Å². The maximum Gasteiger partial charge on any atom is 0.259 e. The van der Waals surface area contributed by atoms with E-state index in [4.69, 9.17) is 4.74 Å². The van der Waals surface area contributed by atoms with Gasteiger partial charge in [0.15, 0.2) is 6.61 Å². The van der Waals surface area contributed by atoms with Gasteiger partial charge >= 0.3 is 0 Å². The predicted octanol–water partition coefficient (Wildman–Crippen LogP) is 1.25. The number of nitrogens with one attached hydrogen (secondary N) is 2. The Morgan fingerprint density at radius 1 is 1.29 bits per heavy atom. The van der Waals surface area contributed by atoms with Crippen molar-refractivity contribution in [2.45, 2.75) is 5.92 Å². The first-order valence-electron chi connectivity index (χ1n) is 8.87. The highest BCUT2D eigenvalue weighted by molar-refractivity contribution is 5.93. The Morgan fingerprint density at radius 2 is 2.00 bits per heavy atom. The van der Waals surface area contributed by atoms with Crippen molar-refractivity contribution in [1.29, 1.82) is 0 Å². The van der Waals surface area contributed by atoms with E-state index in [1.807, 2.05) is 19.4 Å². The highest BCUT2D eigenvalue weighted by atomic mass is 35.5. The van der Waals surface area contributed by atoms with Crippen LogP contribution < -0.4 is 15.4 Å². The van der Waals surface area contributed by atoms with E-state index in [2.05, 4.69) is 15.7 Å². The standard InChI is InChI=1S/C19H25N5O3.ClH/c1-23(2)18(25)12-27-15-6-4-14(5-7-15)22-19(26)17-10-20-9-16(17)13-8-21-24(3)11-13;/h4-8,11,16-17,20H,9-10,12H2,1-3H3,(H,22,26);1H/t16-,17+;/m1./s1. The molecule has 8 nitrogen and oxygen atoms in total. The zero-order valence-electron chi connectivity index (χ0n) is 16.2. The molecule has 0 unspecified atom stereocenters. The van der Waals surface area contributed by atoms with Gasteiger partial charge in [-0.2, -0.15) is 5.10 Å². The van der Waals surface area contributed by atoms with Crippen LogP contribution in [-0.4, -0.2) is 60.3 Å². The van der Waals surface area contributed by atoms with Crippen LogP contribution >= 0.6 is 12.4 Å². The van der Waals surface area contributed by atoms with Crippen LogP contribution in [0.5, 0.6) is 5.75 Å². The van der Waals surface area contributed by atoms with E-state index in [0.717, 1.165) is 12.1 Å². The first kappa shape index (κ1) is 21.7. The lowest BCUT2D eigenvalue weighted by Gasteiger charge is -2.17. The van der Waals surface area contributed by atoms with Gasteiger partial charge in [0.1, 0.15) is 5.75 Å². The molecule has 1 saturated heterocycles. The first-order chi connectivity index (χ1) is 12.9. The third kappa shape index (κ3) is 5.24. The van der Waals surface area contributed by atoms with E-state index in [9.17, 15) is 9.59 Å². The smallest absolute Gasteiger partial charge is 0.259 e. The summed E-state index contributed by atoms with van der Waals surface area (Å²) in [5, 5.41) is 10.5. The van der Waals surface area contributed by atoms with Crippen molar-refractivity contribution in [3.05, 3.63) is 42.2 Å². The number of ether oxygens (including phenoxy) is 1. The van der Waals surface area contributed by atoms with Crippen LogP contribution in [-0.2, 0) is 16.6 Å². The van der Waals surface area contributed by atoms with Crippen molar-refractivity contribution in [2.75, 3.05) is 39.1 Å². The molecule has 0 spiro atoms. The number of benzene rings is 1. The molecule has 1 aromatic heterocycles. The SMILES string of the molecule is CN(C)C(=O)COc1ccc(NC(=O)[C@H]2CNC[C@@H]2c2cnn(C)c2)cc1.Cl. The number of hydrogen-bond donors (Lipinski definition) is 2. The van der Waals surface area contributed by atoms with Crippen molar-refractivity contribution in [1.82, 2.24) is 20.0 Å². The van der Waals surface area contributed by atoms with Gasteiger partial charge in [-0.1, -0.05) is 0 Å². The van der Waals surface area contributed by atoms with Gasteiger partial charge in [-0.25, -0.2) is 0 Å². The van der Waals surface area contributed by atoms with Gasteiger partial charge in [0, 0.05) is 52.0 Å². The highest BCUT2D eigenvalue weighted by Crippen LogP contribution is 2.29. The Labute approximate surface area is 170 Å². The highest BCUT2D eigenvalue weighted by Gasteiger charge is 2.34. The summed E-state index contributed by atoms with van der Waals surface area (Å²) in [5.41, 5.74) is 1.76. The minimum Gasteiger partial charge on any atom is -0.484 e. The quantitative estimate of drug-likeness (QED) is 0.752. The van der Waals surface area contributed by atoms with E-state index < -0.39 is 0 Å². The van der Waals surface area contributed by atoms with Crippen molar-refractivity contribution >= 4 is 29.9 Å². The summed E-state index contributed by atoms with van der Waals surface area (Å²) in [6, 6.07) is 7.03. The van der Waals surface area contributed by atoms with Crippen LogP contribution in [0.25, 0.3) is 0 Å². The molecule has 2 N–H and O–H groups in total. The maximum atomic E-state index is 12.7. The minimum absolute atomic E-state index is 0. The fourth-order valence-electron chi connectivity index (χ4n) is 3.08. The fraction of sp³-hybridized carbons (Fsp3) is 0.421. The van der Waals surface area contributed by atoms with Gasteiger partial charge < -0.3 is 20.3 Å². The second-order valence-corrected chi connectivity index (χ2v) is 6.91. The second kappa shape index (κ2) is 9.57. The molecule has 1 aliphatic heterocycles. The first-order valence-corrected chi connectivity index (χ1v) is 8.87. The Kier molecular flexibility index (Phi) is 7.42. The molecule has 28 heavy (non-hydrogen) atoms. The molecule has 3 rings (SSSR count). The number of hydrogen-bond acceptors (Lipinski definition) is 5. The van der Waals surface area contributed by atoms with Gasteiger partial charge in [0.05, 0.1) is 12.1 Å². The zero-order valence-corrected chi connectivity index (χ0v) is 17.0. The Morgan fingerprint density at radius 3 is 2.61 bits per heavy atom. The van der Waals surface area contributed by atoms with Crippen LogP contribution in [0.2, 0.25) is 0 Å². The largest absolute Gasteiger partial charge is 0.484 e. The Balaban J connectivity index is 0.00000280. The molecule has 9 heteroatoms. The predicted molar refractivity (Wildman–Crippen MR) is 109 cm³/mol. The number of halogens is 1. The Bertz CT molecular complexity index is 806. The molecule has 152 valence electrons. The third-order valence-electron chi connectivity index (χ3n) is 4.69. The average molecular weight is 408 g/mol. The Hall–Kier alpha value is -2.58. The van der Waals surface area contributed by atoms with Crippen molar-refractivity contribution < 1.29 is 14.3 Å². The summed E-state index contributed by atoms with van der Waals surface area (Å²) in [4.78, 5) is 25.8. The zero-order chi connectivity index (χ0) is 19.4. The summed E-state index contributed by atoms with van der Waals surface area (Å²) in [5.74, 6) is 0.410. The number of carbonyl (C=O) groups is 2. The molecule has 0 bridgehead atoms. The average Bonchev–Trinajstić information content (AvgIpc) is 3.29. The van der Waals surface area contributed by atoms with Crippen molar-refractivity contribution in [3.63, 3.8) is 0 Å². The second-order valence-electron chi connectivity index (χ2n) is 6.91. The number of rotatable bonds is 6. The van der Waals surface area contributed by atoms with Crippen molar-refractivity contribution in [2.24, 2.45) is 13.0 Å². The third-order valence-corrected chi connectivity index (χ3v) is 4.69. The van der Waals surface area contributed by atoms with Crippen molar-refractivity contribution in [3.8, 4) is 5.75 Å². The molecule has 0 aliphatic carbocycles. The normalized spacial score (nSPS) is 18.2.